The number of para-hydroxylation sites is 1. The molecule has 1 aromatic heterocycles. The molecule has 0 saturated heterocycles. The van der Waals surface area contributed by atoms with Gasteiger partial charge in [0.1, 0.15) is 17.3 Å². The molecule has 0 unspecified atom stereocenters. The van der Waals surface area contributed by atoms with Crippen LogP contribution in [0.15, 0.2) is 54.9 Å². The standard InChI is InChI=1S/C18H15F2N3O2/c19-14-5-6-16(15(20)8-14)23-11-12(10-22-23)9-21-18(25)7-13-3-1-2-4-17(13)24/h1-6,8,10-11,24H,7,9H2,(H,21,25). The van der Waals surface area contributed by atoms with Crippen LogP contribution in [-0.4, -0.2) is 20.8 Å². The van der Waals surface area contributed by atoms with Crippen molar-refractivity contribution in [1.29, 1.82) is 0 Å². The van der Waals surface area contributed by atoms with Crippen LogP contribution in [0.4, 0.5) is 8.78 Å². The number of nitrogens with zero attached hydrogens (tertiary/aromatic N) is 2. The van der Waals surface area contributed by atoms with Gasteiger partial charge in [-0.1, -0.05) is 18.2 Å². The summed E-state index contributed by atoms with van der Waals surface area (Å²) in [7, 11) is 0. The molecule has 0 spiro atoms. The van der Waals surface area contributed by atoms with Crippen molar-refractivity contribution in [2.24, 2.45) is 0 Å². The van der Waals surface area contributed by atoms with Crippen molar-refractivity contribution in [3.05, 3.63) is 77.6 Å². The first kappa shape index (κ1) is 16.6. The third-order valence-electron chi connectivity index (χ3n) is 3.62. The second-order valence-corrected chi connectivity index (χ2v) is 5.47. The molecule has 3 aromatic rings. The quantitative estimate of drug-likeness (QED) is 0.748. The summed E-state index contributed by atoms with van der Waals surface area (Å²) in [4.78, 5) is 12.0. The molecule has 1 heterocycles. The van der Waals surface area contributed by atoms with Crippen molar-refractivity contribution in [3.63, 3.8) is 0 Å². The van der Waals surface area contributed by atoms with E-state index in [1.165, 1.54) is 23.0 Å². The number of benzene rings is 2. The molecular weight excluding hydrogens is 328 g/mol. The number of rotatable bonds is 5. The van der Waals surface area contributed by atoms with Gasteiger partial charge in [0.15, 0.2) is 5.82 Å². The molecule has 1 amide bonds. The van der Waals surface area contributed by atoms with E-state index in [1.54, 1.807) is 24.4 Å². The summed E-state index contributed by atoms with van der Waals surface area (Å²) >= 11 is 0. The third kappa shape index (κ3) is 4.00. The third-order valence-corrected chi connectivity index (χ3v) is 3.62. The molecule has 5 nitrogen and oxygen atoms in total. The van der Waals surface area contributed by atoms with Crippen LogP contribution in [0, 0.1) is 11.6 Å². The van der Waals surface area contributed by atoms with E-state index in [-0.39, 0.29) is 30.3 Å². The number of aromatic hydroxyl groups is 1. The molecule has 3 rings (SSSR count). The van der Waals surface area contributed by atoms with Crippen molar-refractivity contribution in [3.8, 4) is 11.4 Å². The van der Waals surface area contributed by atoms with E-state index in [1.807, 2.05) is 0 Å². The number of halogens is 2. The second-order valence-electron chi connectivity index (χ2n) is 5.47. The summed E-state index contributed by atoms with van der Waals surface area (Å²) in [5.41, 5.74) is 1.31. The molecule has 7 heteroatoms. The topological polar surface area (TPSA) is 67.2 Å². The molecule has 0 saturated carbocycles. The number of nitrogens with one attached hydrogen (secondary N) is 1. The molecule has 0 atom stereocenters. The zero-order valence-corrected chi connectivity index (χ0v) is 13.1. The summed E-state index contributed by atoms with van der Waals surface area (Å²) < 4.78 is 28.0. The van der Waals surface area contributed by atoms with Gasteiger partial charge in [0, 0.05) is 29.9 Å². The highest BCUT2D eigenvalue weighted by atomic mass is 19.1. The summed E-state index contributed by atoms with van der Waals surface area (Å²) in [6.07, 6.45) is 3.09. The maximum absolute atomic E-state index is 13.7. The van der Waals surface area contributed by atoms with Gasteiger partial charge in [-0.05, 0) is 18.2 Å². The van der Waals surface area contributed by atoms with Crippen LogP contribution in [0.25, 0.3) is 5.69 Å². The highest BCUT2D eigenvalue weighted by molar-refractivity contribution is 5.79. The largest absolute Gasteiger partial charge is 0.508 e. The fourth-order valence-corrected chi connectivity index (χ4v) is 2.35. The SMILES string of the molecule is O=C(Cc1ccccc1O)NCc1cnn(-c2ccc(F)cc2F)c1. The molecular formula is C18H15F2N3O2. The molecule has 25 heavy (non-hydrogen) atoms. The Morgan fingerprint density at radius 1 is 1.20 bits per heavy atom. The summed E-state index contributed by atoms with van der Waals surface area (Å²) in [5.74, 6) is -1.58. The Morgan fingerprint density at radius 2 is 2.00 bits per heavy atom. The zero-order chi connectivity index (χ0) is 17.8. The average molecular weight is 343 g/mol. The lowest BCUT2D eigenvalue weighted by molar-refractivity contribution is -0.120. The Kier molecular flexibility index (Phi) is 4.74. The van der Waals surface area contributed by atoms with Gasteiger partial charge in [0.05, 0.1) is 12.6 Å². The molecule has 0 aliphatic rings. The van der Waals surface area contributed by atoms with E-state index in [0.717, 1.165) is 12.1 Å². The van der Waals surface area contributed by atoms with Crippen molar-refractivity contribution in [2.45, 2.75) is 13.0 Å². The highest BCUT2D eigenvalue weighted by Gasteiger charge is 2.10. The van der Waals surface area contributed by atoms with Crippen LogP contribution in [0.2, 0.25) is 0 Å². The number of hydrogen-bond acceptors (Lipinski definition) is 3. The van der Waals surface area contributed by atoms with Gasteiger partial charge in [0.25, 0.3) is 0 Å². The molecule has 2 aromatic carbocycles. The van der Waals surface area contributed by atoms with Crippen LogP contribution < -0.4 is 5.32 Å². The van der Waals surface area contributed by atoms with Gasteiger partial charge in [-0.2, -0.15) is 5.10 Å². The maximum Gasteiger partial charge on any atom is 0.224 e. The highest BCUT2D eigenvalue weighted by Crippen LogP contribution is 2.16. The van der Waals surface area contributed by atoms with Gasteiger partial charge >= 0.3 is 0 Å². The van der Waals surface area contributed by atoms with Gasteiger partial charge < -0.3 is 10.4 Å². The number of carbonyl (C=O) groups is 1. The zero-order valence-electron chi connectivity index (χ0n) is 13.1. The Balaban J connectivity index is 1.62. The molecule has 0 bridgehead atoms. The van der Waals surface area contributed by atoms with E-state index < -0.39 is 11.6 Å². The van der Waals surface area contributed by atoms with Gasteiger partial charge in [0.2, 0.25) is 5.91 Å². The first-order chi connectivity index (χ1) is 12.0. The van der Waals surface area contributed by atoms with Crippen LogP contribution in [0.5, 0.6) is 5.75 Å². The molecule has 0 radical (unpaired) electrons. The Hall–Kier alpha value is -3.22. The van der Waals surface area contributed by atoms with E-state index in [4.69, 9.17) is 0 Å². The van der Waals surface area contributed by atoms with Gasteiger partial charge in [-0.25, -0.2) is 13.5 Å². The fourth-order valence-electron chi connectivity index (χ4n) is 2.35. The van der Waals surface area contributed by atoms with E-state index in [9.17, 15) is 18.7 Å². The summed E-state index contributed by atoms with van der Waals surface area (Å²) in [6, 6.07) is 9.83. The Labute approximate surface area is 142 Å². The normalized spacial score (nSPS) is 10.6. The minimum Gasteiger partial charge on any atom is -0.508 e. The molecule has 0 aliphatic carbocycles. The fraction of sp³-hybridized carbons (Fsp3) is 0.111. The first-order valence-electron chi connectivity index (χ1n) is 7.55. The van der Waals surface area contributed by atoms with Crippen LogP contribution >= 0.6 is 0 Å². The van der Waals surface area contributed by atoms with Crippen molar-refractivity contribution < 1.29 is 18.7 Å². The molecule has 2 N–H and O–H groups in total. The minimum atomic E-state index is -0.724. The Morgan fingerprint density at radius 3 is 2.76 bits per heavy atom. The summed E-state index contributed by atoms with van der Waals surface area (Å²) in [6.45, 7) is 0.204. The molecule has 128 valence electrons. The Bertz CT molecular complexity index is 909. The predicted octanol–water partition coefficient (Wildman–Crippen LogP) is 2.72. The van der Waals surface area contributed by atoms with E-state index in [2.05, 4.69) is 10.4 Å². The monoisotopic (exact) mass is 343 g/mol. The minimum absolute atomic E-state index is 0.0490. The lowest BCUT2D eigenvalue weighted by atomic mass is 10.1. The smallest absolute Gasteiger partial charge is 0.224 e. The van der Waals surface area contributed by atoms with Crippen molar-refractivity contribution in [1.82, 2.24) is 15.1 Å². The van der Waals surface area contributed by atoms with Crippen LogP contribution in [0.3, 0.4) is 0 Å². The van der Waals surface area contributed by atoms with E-state index >= 15 is 0 Å². The van der Waals surface area contributed by atoms with Crippen LogP contribution in [-0.2, 0) is 17.8 Å². The number of carbonyl (C=O) groups excluding carboxylic acids is 1. The number of phenols is 1. The second kappa shape index (κ2) is 7.12. The predicted molar refractivity (Wildman–Crippen MR) is 87.1 cm³/mol. The van der Waals surface area contributed by atoms with Gasteiger partial charge in [-0.15, -0.1) is 0 Å². The van der Waals surface area contributed by atoms with Crippen LogP contribution in [0.1, 0.15) is 11.1 Å². The van der Waals surface area contributed by atoms with Crippen molar-refractivity contribution >= 4 is 5.91 Å². The van der Waals surface area contributed by atoms with Gasteiger partial charge in [-0.3, -0.25) is 4.79 Å². The number of aromatic nitrogens is 2. The summed E-state index contributed by atoms with van der Waals surface area (Å²) in [5, 5.41) is 16.4. The number of hydrogen-bond donors (Lipinski definition) is 2. The first-order valence-corrected chi connectivity index (χ1v) is 7.55. The molecule has 0 aliphatic heterocycles. The average Bonchev–Trinajstić information content (AvgIpc) is 3.04. The lowest BCUT2D eigenvalue weighted by Crippen LogP contribution is -2.24. The molecule has 0 fully saturated rings. The van der Waals surface area contributed by atoms with E-state index in [0.29, 0.717) is 11.1 Å². The number of amides is 1. The lowest BCUT2D eigenvalue weighted by Gasteiger charge is -2.05. The van der Waals surface area contributed by atoms with Crippen molar-refractivity contribution in [2.75, 3.05) is 0 Å². The number of phenolic OH excluding ortho intramolecular Hbond substituents is 1. The maximum atomic E-state index is 13.7.